The van der Waals surface area contributed by atoms with Crippen molar-refractivity contribution in [3.05, 3.63) is 88.4 Å². The lowest BCUT2D eigenvalue weighted by molar-refractivity contribution is 0.102. The standard InChI is InChI=1S/C23H20ClN3O3S/c24-20-10-7-17(14-19(20)22-13-16-3-1-2-4-21(16)26-22)25-23(28)15-5-8-18(9-6-15)27-11-12-31(27,29)30/h1-10,14,22,26H,11-13H2,(H,25,28). The Bertz CT molecular complexity index is 1250. The second kappa shape index (κ2) is 7.59. The summed E-state index contributed by atoms with van der Waals surface area (Å²) in [7, 11) is -3.18. The summed E-state index contributed by atoms with van der Waals surface area (Å²) in [6, 6.07) is 20.2. The lowest BCUT2D eigenvalue weighted by atomic mass is 10.0. The number of carbonyl (C=O) groups is 1. The first kappa shape index (κ1) is 19.9. The number of para-hydroxylation sites is 1. The molecule has 1 atom stereocenters. The van der Waals surface area contributed by atoms with Gasteiger partial charge in [0.1, 0.15) is 0 Å². The summed E-state index contributed by atoms with van der Waals surface area (Å²) in [5.41, 5.74) is 4.93. The maximum absolute atomic E-state index is 12.7. The second-order valence-electron chi connectivity index (χ2n) is 7.68. The molecule has 1 amide bonds. The molecule has 3 aromatic rings. The third kappa shape index (κ3) is 3.75. The number of hydrogen-bond acceptors (Lipinski definition) is 4. The first-order valence-corrected chi connectivity index (χ1v) is 12.0. The van der Waals surface area contributed by atoms with Crippen LogP contribution in [0.4, 0.5) is 17.1 Å². The zero-order valence-corrected chi connectivity index (χ0v) is 18.1. The van der Waals surface area contributed by atoms with Gasteiger partial charge in [-0.1, -0.05) is 29.8 Å². The molecule has 2 aliphatic rings. The van der Waals surface area contributed by atoms with Gasteiger partial charge in [0.2, 0.25) is 10.0 Å². The third-order valence-electron chi connectivity index (χ3n) is 5.71. The molecule has 0 aromatic heterocycles. The van der Waals surface area contributed by atoms with Gasteiger partial charge in [0.05, 0.1) is 17.5 Å². The number of carbonyl (C=O) groups excluding carboxylic acids is 1. The number of amides is 1. The van der Waals surface area contributed by atoms with E-state index in [1.807, 2.05) is 24.3 Å². The van der Waals surface area contributed by atoms with Crippen LogP contribution < -0.4 is 14.9 Å². The molecule has 31 heavy (non-hydrogen) atoms. The number of halogens is 1. The molecule has 2 heterocycles. The van der Waals surface area contributed by atoms with E-state index in [1.165, 1.54) is 9.87 Å². The van der Waals surface area contributed by atoms with Crippen LogP contribution >= 0.6 is 11.6 Å². The Hall–Kier alpha value is -3.03. The number of nitrogens with one attached hydrogen (secondary N) is 2. The Morgan fingerprint density at radius 3 is 2.52 bits per heavy atom. The van der Waals surface area contributed by atoms with E-state index in [0.29, 0.717) is 28.5 Å². The number of rotatable bonds is 4. The van der Waals surface area contributed by atoms with Gasteiger partial charge in [-0.05, 0) is 66.1 Å². The van der Waals surface area contributed by atoms with Crippen molar-refractivity contribution in [2.75, 3.05) is 27.2 Å². The van der Waals surface area contributed by atoms with Crippen LogP contribution in [0.2, 0.25) is 5.02 Å². The van der Waals surface area contributed by atoms with Gasteiger partial charge in [0.15, 0.2) is 0 Å². The van der Waals surface area contributed by atoms with Crippen molar-refractivity contribution in [3.8, 4) is 0 Å². The number of sulfonamides is 1. The molecule has 2 N–H and O–H groups in total. The van der Waals surface area contributed by atoms with E-state index in [-0.39, 0.29) is 17.7 Å². The summed E-state index contributed by atoms with van der Waals surface area (Å²) in [5, 5.41) is 7.04. The lowest BCUT2D eigenvalue weighted by Crippen LogP contribution is -2.47. The topological polar surface area (TPSA) is 78.5 Å². The summed E-state index contributed by atoms with van der Waals surface area (Å²) >= 11 is 6.46. The fourth-order valence-corrected chi connectivity index (χ4v) is 5.33. The van der Waals surface area contributed by atoms with Crippen molar-refractivity contribution in [2.45, 2.75) is 12.5 Å². The maximum Gasteiger partial charge on any atom is 0.255 e. The molecule has 1 unspecified atom stereocenters. The van der Waals surface area contributed by atoms with E-state index in [4.69, 9.17) is 11.6 Å². The first-order chi connectivity index (χ1) is 14.9. The molecule has 0 bridgehead atoms. The van der Waals surface area contributed by atoms with Crippen molar-refractivity contribution >= 4 is 44.6 Å². The van der Waals surface area contributed by atoms with E-state index in [1.54, 1.807) is 36.4 Å². The number of hydrogen-bond donors (Lipinski definition) is 2. The normalized spacial score (nSPS) is 18.6. The molecule has 6 nitrogen and oxygen atoms in total. The maximum atomic E-state index is 12.7. The largest absolute Gasteiger partial charge is 0.378 e. The predicted octanol–water partition coefficient (Wildman–Crippen LogP) is 4.45. The van der Waals surface area contributed by atoms with Crippen molar-refractivity contribution in [2.24, 2.45) is 0 Å². The van der Waals surface area contributed by atoms with E-state index >= 15 is 0 Å². The third-order valence-corrected chi connectivity index (χ3v) is 7.81. The fourth-order valence-electron chi connectivity index (χ4n) is 3.98. The van der Waals surface area contributed by atoms with Crippen LogP contribution in [-0.4, -0.2) is 26.6 Å². The number of fused-ring (bicyclic) bond motifs is 1. The molecule has 158 valence electrons. The van der Waals surface area contributed by atoms with E-state index in [9.17, 15) is 13.2 Å². The SMILES string of the molecule is O=C(Nc1ccc(Cl)c(C2Cc3ccccc3N2)c1)c1ccc(N2CCS2(=O)=O)cc1. The van der Waals surface area contributed by atoms with Gasteiger partial charge in [-0.15, -0.1) is 0 Å². The number of nitrogens with zero attached hydrogens (tertiary/aromatic N) is 1. The summed E-state index contributed by atoms with van der Waals surface area (Å²) in [4.78, 5) is 12.7. The minimum atomic E-state index is -3.18. The van der Waals surface area contributed by atoms with Crippen molar-refractivity contribution in [3.63, 3.8) is 0 Å². The average Bonchev–Trinajstić information content (AvgIpc) is 3.19. The zero-order valence-electron chi connectivity index (χ0n) is 16.5. The van der Waals surface area contributed by atoms with Crippen LogP contribution in [-0.2, 0) is 16.4 Å². The molecular weight excluding hydrogens is 434 g/mol. The molecule has 1 fully saturated rings. The van der Waals surface area contributed by atoms with Gasteiger partial charge in [0.25, 0.3) is 5.91 Å². The Morgan fingerprint density at radius 1 is 1.06 bits per heavy atom. The van der Waals surface area contributed by atoms with E-state index < -0.39 is 10.0 Å². The minimum absolute atomic E-state index is 0.0412. The number of benzene rings is 3. The van der Waals surface area contributed by atoms with Crippen molar-refractivity contribution in [1.29, 1.82) is 0 Å². The average molecular weight is 454 g/mol. The van der Waals surface area contributed by atoms with E-state index in [2.05, 4.69) is 16.7 Å². The van der Waals surface area contributed by atoms with Gasteiger partial charge < -0.3 is 10.6 Å². The summed E-state index contributed by atoms with van der Waals surface area (Å²) in [6.45, 7) is 0.473. The highest BCUT2D eigenvalue weighted by molar-refractivity contribution is 7.94. The van der Waals surface area contributed by atoms with Crippen LogP contribution in [0.1, 0.15) is 27.5 Å². The van der Waals surface area contributed by atoms with Crippen LogP contribution in [0, 0.1) is 0 Å². The predicted molar refractivity (Wildman–Crippen MR) is 123 cm³/mol. The van der Waals surface area contributed by atoms with Gasteiger partial charge in [-0.2, -0.15) is 0 Å². The van der Waals surface area contributed by atoms with Gasteiger partial charge in [-0.3, -0.25) is 9.10 Å². The Balaban J connectivity index is 1.31. The highest BCUT2D eigenvalue weighted by Gasteiger charge is 2.32. The first-order valence-electron chi connectivity index (χ1n) is 9.96. The molecule has 8 heteroatoms. The zero-order chi connectivity index (χ0) is 21.6. The van der Waals surface area contributed by atoms with Crippen LogP contribution in [0.5, 0.6) is 0 Å². The molecule has 0 aliphatic carbocycles. The molecule has 1 saturated heterocycles. The van der Waals surface area contributed by atoms with Gasteiger partial charge in [-0.25, -0.2) is 8.42 Å². The Kier molecular flexibility index (Phi) is 4.87. The highest BCUT2D eigenvalue weighted by atomic mass is 35.5. The number of anilines is 3. The molecular formula is C23H20ClN3O3S. The van der Waals surface area contributed by atoms with Crippen molar-refractivity contribution < 1.29 is 13.2 Å². The molecule has 0 saturated carbocycles. The van der Waals surface area contributed by atoms with Gasteiger partial charge >= 0.3 is 0 Å². The van der Waals surface area contributed by atoms with Crippen LogP contribution in [0.15, 0.2) is 66.7 Å². The lowest BCUT2D eigenvalue weighted by Gasteiger charge is -2.32. The highest BCUT2D eigenvalue weighted by Crippen LogP contribution is 2.37. The monoisotopic (exact) mass is 453 g/mol. The molecule has 3 aromatic carbocycles. The smallest absolute Gasteiger partial charge is 0.255 e. The summed E-state index contributed by atoms with van der Waals surface area (Å²) in [6.07, 6.45) is 0.828. The fraction of sp³-hybridized carbons (Fsp3) is 0.174. The quantitative estimate of drug-likeness (QED) is 0.611. The van der Waals surface area contributed by atoms with Gasteiger partial charge in [0, 0.05) is 28.5 Å². The second-order valence-corrected chi connectivity index (χ2v) is 10.1. The van der Waals surface area contributed by atoms with Crippen LogP contribution in [0.3, 0.4) is 0 Å². The summed E-state index contributed by atoms with van der Waals surface area (Å²) < 4.78 is 24.8. The van der Waals surface area contributed by atoms with Crippen LogP contribution in [0.25, 0.3) is 0 Å². The van der Waals surface area contributed by atoms with E-state index in [0.717, 1.165) is 17.7 Å². The summed E-state index contributed by atoms with van der Waals surface area (Å²) in [5.74, 6) is -0.108. The molecule has 2 aliphatic heterocycles. The molecule has 0 spiro atoms. The Labute approximate surface area is 185 Å². The Morgan fingerprint density at radius 2 is 1.84 bits per heavy atom. The molecule has 5 rings (SSSR count). The molecule has 0 radical (unpaired) electrons. The minimum Gasteiger partial charge on any atom is -0.378 e. The van der Waals surface area contributed by atoms with Crippen molar-refractivity contribution in [1.82, 2.24) is 0 Å².